The molecule has 0 aromatic carbocycles. The summed E-state index contributed by atoms with van der Waals surface area (Å²) in [5.74, 6) is -1.02. The van der Waals surface area contributed by atoms with Crippen molar-refractivity contribution in [3.05, 3.63) is 27.6 Å². The van der Waals surface area contributed by atoms with Crippen molar-refractivity contribution in [3.8, 4) is 9.88 Å². The van der Waals surface area contributed by atoms with Gasteiger partial charge in [-0.3, -0.25) is 4.79 Å². The van der Waals surface area contributed by atoms with Crippen LogP contribution in [0.2, 0.25) is 0 Å². The first-order chi connectivity index (χ1) is 8.00. The molecule has 1 unspecified atom stereocenters. The fraction of sp³-hybridized carbons (Fsp3) is 0.273. The van der Waals surface area contributed by atoms with Crippen LogP contribution in [0.4, 0.5) is 0 Å². The molecule has 1 atom stereocenters. The molecule has 0 spiro atoms. The van der Waals surface area contributed by atoms with Crippen molar-refractivity contribution in [2.45, 2.75) is 19.9 Å². The van der Waals surface area contributed by atoms with Crippen molar-refractivity contribution in [2.75, 3.05) is 0 Å². The molecule has 0 bridgehead atoms. The van der Waals surface area contributed by atoms with Crippen molar-refractivity contribution in [1.82, 2.24) is 4.98 Å². The zero-order chi connectivity index (χ0) is 12.6. The fourth-order valence-electron chi connectivity index (χ4n) is 1.50. The summed E-state index contributed by atoms with van der Waals surface area (Å²) in [5, 5.41) is 11.8. The molecule has 0 amide bonds. The minimum Gasteiger partial charge on any atom is -0.480 e. The Bertz CT molecular complexity index is 560. The summed E-state index contributed by atoms with van der Waals surface area (Å²) >= 11 is 2.97. The average molecular weight is 268 g/mol. The smallest absolute Gasteiger partial charge is 0.326 e. The highest BCUT2D eigenvalue weighted by atomic mass is 32.1. The maximum atomic E-state index is 10.9. The molecule has 0 saturated carbocycles. The molecule has 0 aliphatic rings. The summed E-state index contributed by atoms with van der Waals surface area (Å²) in [6.45, 7) is 3.81. The van der Waals surface area contributed by atoms with Crippen LogP contribution in [0.5, 0.6) is 0 Å². The van der Waals surface area contributed by atoms with Gasteiger partial charge in [-0.05, 0) is 30.9 Å². The van der Waals surface area contributed by atoms with Gasteiger partial charge in [-0.15, -0.1) is 22.7 Å². The lowest BCUT2D eigenvalue weighted by Gasteiger charge is -2.02. The molecule has 2 heterocycles. The predicted molar refractivity (Wildman–Crippen MR) is 69.5 cm³/mol. The summed E-state index contributed by atoms with van der Waals surface area (Å²) in [6.07, 6.45) is 0. The number of carboxylic acid groups (broad SMARTS) is 1. The first-order valence-electron chi connectivity index (χ1n) is 5.01. The van der Waals surface area contributed by atoms with E-state index in [1.165, 1.54) is 11.3 Å². The predicted octanol–water partition coefficient (Wildman–Crippen LogP) is 2.57. The highest BCUT2D eigenvalue weighted by molar-refractivity contribution is 7.21. The zero-order valence-electron chi connectivity index (χ0n) is 9.43. The first kappa shape index (κ1) is 12.2. The molecule has 2 rings (SSSR count). The molecule has 0 aliphatic carbocycles. The van der Waals surface area contributed by atoms with Crippen LogP contribution >= 0.6 is 22.7 Å². The largest absolute Gasteiger partial charge is 0.480 e. The van der Waals surface area contributed by atoms with Gasteiger partial charge in [0.1, 0.15) is 11.0 Å². The van der Waals surface area contributed by atoms with Gasteiger partial charge in [0, 0.05) is 0 Å². The molecule has 2 aromatic heterocycles. The fourth-order valence-corrected chi connectivity index (χ4v) is 3.64. The van der Waals surface area contributed by atoms with Crippen LogP contribution in [0.15, 0.2) is 11.4 Å². The molecule has 3 N–H and O–H groups in total. The van der Waals surface area contributed by atoms with E-state index in [-0.39, 0.29) is 0 Å². The Kier molecular flexibility index (Phi) is 3.28. The molecule has 0 radical (unpaired) electrons. The normalized spacial score (nSPS) is 12.6. The maximum Gasteiger partial charge on any atom is 0.326 e. The third kappa shape index (κ3) is 2.24. The van der Waals surface area contributed by atoms with Crippen LogP contribution in [0.1, 0.15) is 22.2 Å². The number of thiophene rings is 1. The van der Waals surface area contributed by atoms with E-state index in [0.717, 1.165) is 15.4 Å². The Balaban J connectivity index is 2.44. The number of aliphatic carboxylic acids is 1. The van der Waals surface area contributed by atoms with Crippen molar-refractivity contribution in [2.24, 2.45) is 5.73 Å². The number of aromatic nitrogens is 1. The van der Waals surface area contributed by atoms with E-state index in [1.54, 1.807) is 18.3 Å². The van der Waals surface area contributed by atoms with Crippen LogP contribution < -0.4 is 5.73 Å². The standard InChI is InChI=1S/C11H12N2O2S2/c1-5-3-4-16-8(5)10-13-6(2)9(17-10)7(12)11(14)15/h3-4,7H,12H2,1-2H3,(H,14,15). The Morgan fingerprint density at radius 3 is 2.76 bits per heavy atom. The minimum atomic E-state index is -1.02. The molecule has 17 heavy (non-hydrogen) atoms. The van der Waals surface area contributed by atoms with Crippen LogP contribution in [-0.4, -0.2) is 16.1 Å². The van der Waals surface area contributed by atoms with Gasteiger partial charge in [-0.25, -0.2) is 4.98 Å². The molecular formula is C11H12N2O2S2. The summed E-state index contributed by atoms with van der Waals surface area (Å²) in [5.41, 5.74) is 7.47. The number of hydrogen-bond donors (Lipinski definition) is 2. The highest BCUT2D eigenvalue weighted by Crippen LogP contribution is 2.35. The first-order valence-corrected chi connectivity index (χ1v) is 6.70. The van der Waals surface area contributed by atoms with Crippen LogP contribution in [0.25, 0.3) is 9.88 Å². The van der Waals surface area contributed by atoms with Gasteiger partial charge in [0.2, 0.25) is 0 Å². The van der Waals surface area contributed by atoms with Crippen molar-refractivity contribution < 1.29 is 9.90 Å². The Morgan fingerprint density at radius 1 is 1.53 bits per heavy atom. The van der Waals surface area contributed by atoms with Gasteiger partial charge in [-0.1, -0.05) is 0 Å². The Morgan fingerprint density at radius 2 is 2.24 bits per heavy atom. The van der Waals surface area contributed by atoms with E-state index in [2.05, 4.69) is 4.98 Å². The third-order valence-electron chi connectivity index (χ3n) is 2.44. The summed E-state index contributed by atoms with van der Waals surface area (Å²) in [4.78, 5) is 17.0. The van der Waals surface area contributed by atoms with Crippen LogP contribution in [-0.2, 0) is 4.79 Å². The summed E-state index contributed by atoms with van der Waals surface area (Å²) < 4.78 is 0. The van der Waals surface area contributed by atoms with E-state index >= 15 is 0 Å². The Labute approximate surface area is 107 Å². The number of thiazole rings is 1. The Hall–Kier alpha value is -1.24. The van der Waals surface area contributed by atoms with E-state index in [0.29, 0.717) is 10.6 Å². The number of carboxylic acids is 1. The highest BCUT2D eigenvalue weighted by Gasteiger charge is 2.21. The summed E-state index contributed by atoms with van der Waals surface area (Å²) in [7, 11) is 0. The minimum absolute atomic E-state index is 0.625. The lowest BCUT2D eigenvalue weighted by Crippen LogP contribution is -2.20. The molecule has 0 aliphatic heterocycles. The lowest BCUT2D eigenvalue weighted by atomic mass is 10.2. The maximum absolute atomic E-state index is 10.9. The van der Waals surface area contributed by atoms with E-state index < -0.39 is 12.0 Å². The van der Waals surface area contributed by atoms with Crippen LogP contribution in [0.3, 0.4) is 0 Å². The molecule has 6 heteroatoms. The number of rotatable bonds is 3. The van der Waals surface area contributed by atoms with Gasteiger partial charge in [-0.2, -0.15) is 0 Å². The van der Waals surface area contributed by atoms with Gasteiger partial charge in [0.05, 0.1) is 15.4 Å². The van der Waals surface area contributed by atoms with E-state index in [1.807, 2.05) is 18.4 Å². The van der Waals surface area contributed by atoms with Gasteiger partial charge >= 0.3 is 5.97 Å². The average Bonchev–Trinajstić information content (AvgIpc) is 2.83. The number of nitrogens with zero attached hydrogens (tertiary/aromatic N) is 1. The summed E-state index contributed by atoms with van der Waals surface area (Å²) in [6, 6.07) is 1.04. The monoisotopic (exact) mass is 268 g/mol. The number of hydrogen-bond acceptors (Lipinski definition) is 5. The van der Waals surface area contributed by atoms with Gasteiger partial charge < -0.3 is 10.8 Å². The number of aryl methyl sites for hydroxylation is 2. The van der Waals surface area contributed by atoms with Gasteiger partial charge in [0.25, 0.3) is 0 Å². The second-order valence-electron chi connectivity index (χ2n) is 3.72. The molecule has 0 saturated heterocycles. The zero-order valence-corrected chi connectivity index (χ0v) is 11.1. The third-order valence-corrected chi connectivity index (χ3v) is 4.85. The van der Waals surface area contributed by atoms with Crippen molar-refractivity contribution >= 4 is 28.6 Å². The van der Waals surface area contributed by atoms with E-state index in [4.69, 9.17) is 10.8 Å². The second kappa shape index (κ2) is 4.56. The van der Waals surface area contributed by atoms with Crippen molar-refractivity contribution in [1.29, 1.82) is 0 Å². The molecular weight excluding hydrogens is 256 g/mol. The topological polar surface area (TPSA) is 76.2 Å². The number of nitrogens with two attached hydrogens (primary N) is 1. The van der Waals surface area contributed by atoms with E-state index in [9.17, 15) is 4.79 Å². The quantitative estimate of drug-likeness (QED) is 0.897. The molecule has 4 nitrogen and oxygen atoms in total. The number of carbonyl (C=O) groups is 1. The van der Waals surface area contributed by atoms with Crippen LogP contribution in [0, 0.1) is 13.8 Å². The van der Waals surface area contributed by atoms with Crippen molar-refractivity contribution in [3.63, 3.8) is 0 Å². The second-order valence-corrected chi connectivity index (χ2v) is 5.66. The molecule has 90 valence electrons. The molecule has 0 fully saturated rings. The molecule has 2 aromatic rings. The van der Waals surface area contributed by atoms with Gasteiger partial charge in [0.15, 0.2) is 0 Å². The lowest BCUT2D eigenvalue weighted by molar-refractivity contribution is -0.138. The SMILES string of the molecule is Cc1ccsc1-c1nc(C)c(C(N)C(=O)O)s1.